The Hall–Kier alpha value is -1.42. The highest BCUT2D eigenvalue weighted by Crippen LogP contribution is 2.31. The summed E-state index contributed by atoms with van der Waals surface area (Å²) in [4.78, 5) is 12.1. The lowest BCUT2D eigenvalue weighted by Gasteiger charge is -2.37. The molecule has 2 rings (SSSR count). The Morgan fingerprint density at radius 2 is 2.21 bits per heavy atom. The molecule has 2 N–H and O–H groups in total. The molecule has 0 spiro atoms. The number of hydrogen-bond donors (Lipinski definition) is 2. The van der Waals surface area contributed by atoms with E-state index in [1.54, 1.807) is 19.1 Å². The van der Waals surface area contributed by atoms with E-state index >= 15 is 0 Å². The highest BCUT2D eigenvalue weighted by Gasteiger charge is 2.34. The summed E-state index contributed by atoms with van der Waals surface area (Å²) >= 11 is 0. The third kappa shape index (κ3) is 2.95. The lowest BCUT2D eigenvalue weighted by Crippen LogP contribution is -2.46. The zero-order chi connectivity index (χ0) is 14.0. The Bertz CT molecular complexity index is 469. The summed E-state index contributed by atoms with van der Waals surface area (Å²) < 4.78 is 13.9. The molecule has 1 aliphatic carbocycles. The summed E-state index contributed by atoms with van der Waals surface area (Å²) in [6.07, 6.45) is 1.98. The first-order chi connectivity index (χ1) is 9.02. The SMILES string of the molecule is CC[C@@H](NC(=O)c1cccc(C)c1F)C1CC(O)C1. The molecule has 104 valence electrons. The van der Waals surface area contributed by atoms with Crippen LogP contribution in [0, 0.1) is 18.7 Å². The van der Waals surface area contributed by atoms with Crippen molar-refractivity contribution >= 4 is 5.91 Å². The molecular weight excluding hydrogens is 245 g/mol. The third-order valence-electron chi connectivity index (χ3n) is 3.91. The van der Waals surface area contributed by atoms with Crippen molar-refractivity contribution in [1.29, 1.82) is 0 Å². The van der Waals surface area contributed by atoms with Crippen LogP contribution in [0.4, 0.5) is 4.39 Å². The van der Waals surface area contributed by atoms with Gasteiger partial charge in [0.1, 0.15) is 5.82 Å². The van der Waals surface area contributed by atoms with Gasteiger partial charge < -0.3 is 10.4 Å². The first-order valence-electron chi connectivity index (χ1n) is 6.77. The highest BCUT2D eigenvalue weighted by molar-refractivity contribution is 5.94. The molecule has 19 heavy (non-hydrogen) atoms. The number of carbonyl (C=O) groups excluding carboxylic acids is 1. The molecule has 3 nitrogen and oxygen atoms in total. The molecule has 1 aromatic carbocycles. The van der Waals surface area contributed by atoms with E-state index in [1.165, 1.54) is 6.07 Å². The van der Waals surface area contributed by atoms with Crippen LogP contribution in [0.15, 0.2) is 18.2 Å². The molecule has 0 radical (unpaired) electrons. The second-order valence-electron chi connectivity index (χ2n) is 5.31. The molecular formula is C15H20FNO2. The minimum Gasteiger partial charge on any atom is -0.393 e. The first-order valence-corrected chi connectivity index (χ1v) is 6.77. The summed E-state index contributed by atoms with van der Waals surface area (Å²) in [5.41, 5.74) is 0.568. The van der Waals surface area contributed by atoms with E-state index in [2.05, 4.69) is 5.32 Å². The van der Waals surface area contributed by atoms with Gasteiger partial charge in [0, 0.05) is 6.04 Å². The second-order valence-corrected chi connectivity index (χ2v) is 5.31. The fourth-order valence-electron chi connectivity index (χ4n) is 2.58. The zero-order valence-electron chi connectivity index (χ0n) is 11.3. The van der Waals surface area contributed by atoms with Crippen molar-refractivity contribution in [3.8, 4) is 0 Å². The number of aliphatic hydroxyl groups is 1. The van der Waals surface area contributed by atoms with Gasteiger partial charge in [-0.1, -0.05) is 19.1 Å². The van der Waals surface area contributed by atoms with Crippen LogP contribution >= 0.6 is 0 Å². The van der Waals surface area contributed by atoms with Gasteiger partial charge in [-0.15, -0.1) is 0 Å². The number of rotatable bonds is 4. The summed E-state index contributed by atoms with van der Waals surface area (Å²) in [7, 11) is 0. The van der Waals surface area contributed by atoms with Crippen molar-refractivity contribution in [2.45, 2.75) is 45.3 Å². The van der Waals surface area contributed by atoms with Crippen LogP contribution in [0.25, 0.3) is 0 Å². The molecule has 0 unspecified atom stereocenters. The third-order valence-corrected chi connectivity index (χ3v) is 3.91. The number of benzene rings is 1. The van der Waals surface area contributed by atoms with Gasteiger partial charge in [-0.2, -0.15) is 0 Å². The molecule has 1 aromatic rings. The zero-order valence-corrected chi connectivity index (χ0v) is 11.3. The van der Waals surface area contributed by atoms with Gasteiger partial charge in [0.15, 0.2) is 0 Å². The van der Waals surface area contributed by atoms with Crippen molar-refractivity contribution in [1.82, 2.24) is 5.32 Å². The van der Waals surface area contributed by atoms with Crippen LogP contribution in [0.3, 0.4) is 0 Å². The number of amides is 1. The molecule has 0 bridgehead atoms. The molecule has 0 aromatic heterocycles. The number of aryl methyl sites for hydroxylation is 1. The molecule has 1 aliphatic rings. The Labute approximate surface area is 112 Å². The van der Waals surface area contributed by atoms with E-state index in [0.29, 0.717) is 11.5 Å². The van der Waals surface area contributed by atoms with Gasteiger partial charge in [0.05, 0.1) is 11.7 Å². The van der Waals surface area contributed by atoms with Gasteiger partial charge in [-0.25, -0.2) is 4.39 Å². The van der Waals surface area contributed by atoms with Gasteiger partial charge in [0.2, 0.25) is 0 Å². The summed E-state index contributed by atoms with van der Waals surface area (Å²) in [5, 5.41) is 12.2. The molecule has 0 heterocycles. The Morgan fingerprint density at radius 3 is 2.79 bits per heavy atom. The van der Waals surface area contributed by atoms with E-state index in [1.807, 2.05) is 6.92 Å². The van der Waals surface area contributed by atoms with Gasteiger partial charge in [0.25, 0.3) is 5.91 Å². The lowest BCUT2D eigenvalue weighted by atomic mass is 9.76. The number of halogens is 1. The number of nitrogens with one attached hydrogen (secondary N) is 1. The minimum absolute atomic E-state index is 0.0100. The molecule has 4 heteroatoms. The van der Waals surface area contributed by atoms with Crippen molar-refractivity contribution in [2.24, 2.45) is 5.92 Å². The standard InChI is InChI=1S/C15H20FNO2/c1-3-13(10-7-11(18)8-10)17-15(19)12-6-4-5-9(2)14(12)16/h4-6,10-11,13,18H,3,7-8H2,1-2H3,(H,17,19)/t10?,11?,13-/m1/s1. The van der Waals surface area contributed by atoms with Crippen LogP contribution in [-0.2, 0) is 0 Å². The maximum absolute atomic E-state index is 13.9. The summed E-state index contributed by atoms with van der Waals surface area (Å²) in [6, 6.07) is 4.84. The highest BCUT2D eigenvalue weighted by atomic mass is 19.1. The summed E-state index contributed by atoms with van der Waals surface area (Å²) in [6.45, 7) is 3.63. The van der Waals surface area contributed by atoms with Crippen LogP contribution in [0.1, 0.15) is 42.1 Å². The van der Waals surface area contributed by atoms with E-state index in [0.717, 1.165) is 19.3 Å². The topological polar surface area (TPSA) is 49.3 Å². The maximum atomic E-state index is 13.9. The Balaban J connectivity index is 2.05. The van der Waals surface area contributed by atoms with E-state index in [9.17, 15) is 14.3 Å². The van der Waals surface area contributed by atoms with Gasteiger partial charge in [-0.3, -0.25) is 4.79 Å². The van der Waals surface area contributed by atoms with Crippen LogP contribution in [0.2, 0.25) is 0 Å². The maximum Gasteiger partial charge on any atom is 0.254 e. The number of hydrogen-bond acceptors (Lipinski definition) is 2. The lowest BCUT2D eigenvalue weighted by molar-refractivity contribution is 0.0232. The quantitative estimate of drug-likeness (QED) is 0.878. The molecule has 0 saturated heterocycles. The molecule has 1 atom stereocenters. The average molecular weight is 265 g/mol. The average Bonchev–Trinajstić information content (AvgIpc) is 2.35. The predicted octanol–water partition coefficient (Wildman–Crippen LogP) is 2.41. The molecule has 1 fully saturated rings. The summed E-state index contributed by atoms with van der Waals surface area (Å²) in [5.74, 6) is -0.519. The van der Waals surface area contributed by atoms with Crippen molar-refractivity contribution in [3.63, 3.8) is 0 Å². The second kappa shape index (κ2) is 5.70. The van der Waals surface area contributed by atoms with Gasteiger partial charge in [-0.05, 0) is 43.7 Å². The molecule has 0 aliphatic heterocycles. The Morgan fingerprint density at radius 1 is 1.53 bits per heavy atom. The number of carbonyl (C=O) groups is 1. The molecule has 1 saturated carbocycles. The van der Waals surface area contributed by atoms with Crippen molar-refractivity contribution in [2.75, 3.05) is 0 Å². The predicted molar refractivity (Wildman–Crippen MR) is 71.4 cm³/mol. The van der Waals surface area contributed by atoms with E-state index in [4.69, 9.17) is 0 Å². The number of aliphatic hydroxyl groups excluding tert-OH is 1. The Kier molecular flexibility index (Phi) is 4.20. The monoisotopic (exact) mass is 265 g/mol. The fourth-order valence-corrected chi connectivity index (χ4v) is 2.58. The molecule has 1 amide bonds. The first kappa shape index (κ1) is 14.0. The normalized spacial score (nSPS) is 23.6. The van der Waals surface area contributed by atoms with Crippen LogP contribution in [0.5, 0.6) is 0 Å². The van der Waals surface area contributed by atoms with Crippen LogP contribution in [-0.4, -0.2) is 23.2 Å². The smallest absolute Gasteiger partial charge is 0.254 e. The van der Waals surface area contributed by atoms with Gasteiger partial charge >= 0.3 is 0 Å². The fraction of sp³-hybridized carbons (Fsp3) is 0.533. The minimum atomic E-state index is -0.455. The van der Waals surface area contributed by atoms with Crippen molar-refractivity contribution in [3.05, 3.63) is 35.1 Å². The largest absolute Gasteiger partial charge is 0.393 e. The van der Waals surface area contributed by atoms with E-state index in [-0.39, 0.29) is 23.6 Å². The van der Waals surface area contributed by atoms with Crippen LogP contribution < -0.4 is 5.32 Å². The van der Waals surface area contributed by atoms with Crippen molar-refractivity contribution < 1.29 is 14.3 Å². The van der Waals surface area contributed by atoms with E-state index < -0.39 is 5.82 Å².